The highest BCUT2D eigenvalue weighted by atomic mass is 32.1. The number of hydrogen-bond donors (Lipinski definition) is 2. The molecule has 1 aromatic carbocycles. The van der Waals surface area contributed by atoms with Gasteiger partial charge in [-0.3, -0.25) is 19.0 Å². The summed E-state index contributed by atoms with van der Waals surface area (Å²) in [5.74, 6) is -0.130. The molecule has 3 rings (SSSR count). The number of benzene rings is 1. The standard InChI is InChI=1S/C16H17N3O3S/c1-10-9-23-16(22)19(10)8-14(20)17-12-3-2-4-13(7-12)18-15(21)11-5-6-11/h2-4,7,9,11H,5-6,8H2,1H3,(H,17,20)(H,18,21). The van der Waals surface area contributed by atoms with Gasteiger partial charge in [0.25, 0.3) is 0 Å². The molecule has 120 valence electrons. The van der Waals surface area contributed by atoms with E-state index in [0.29, 0.717) is 11.4 Å². The number of hydrogen-bond acceptors (Lipinski definition) is 4. The summed E-state index contributed by atoms with van der Waals surface area (Å²) in [6, 6.07) is 7.00. The highest BCUT2D eigenvalue weighted by molar-refractivity contribution is 7.07. The molecule has 1 saturated carbocycles. The fourth-order valence-electron chi connectivity index (χ4n) is 2.20. The molecule has 0 spiro atoms. The molecular formula is C16H17N3O3S. The van der Waals surface area contributed by atoms with Crippen molar-refractivity contribution in [1.82, 2.24) is 4.57 Å². The van der Waals surface area contributed by atoms with Gasteiger partial charge in [-0.1, -0.05) is 17.4 Å². The molecule has 2 N–H and O–H groups in total. The Bertz CT molecular complexity index is 805. The Hall–Kier alpha value is -2.41. The van der Waals surface area contributed by atoms with E-state index in [1.807, 2.05) is 0 Å². The third kappa shape index (κ3) is 3.87. The smallest absolute Gasteiger partial charge is 0.307 e. The molecule has 2 amide bonds. The molecule has 0 atom stereocenters. The van der Waals surface area contributed by atoms with Crippen LogP contribution in [0.1, 0.15) is 18.5 Å². The predicted molar refractivity (Wildman–Crippen MR) is 89.7 cm³/mol. The minimum absolute atomic E-state index is 0.0210. The van der Waals surface area contributed by atoms with E-state index < -0.39 is 0 Å². The van der Waals surface area contributed by atoms with Gasteiger partial charge in [-0.2, -0.15) is 0 Å². The van der Waals surface area contributed by atoms with Crippen molar-refractivity contribution in [1.29, 1.82) is 0 Å². The number of aromatic nitrogens is 1. The number of amides is 2. The second kappa shape index (κ2) is 6.37. The average Bonchev–Trinajstić information content (AvgIpc) is 3.31. The first kappa shape index (κ1) is 15.5. The van der Waals surface area contributed by atoms with Crippen LogP contribution in [0.4, 0.5) is 11.4 Å². The molecule has 0 radical (unpaired) electrons. The summed E-state index contributed by atoms with van der Waals surface area (Å²) in [5.41, 5.74) is 2.01. The van der Waals surface area contributed by atoms with E-state index in [1.165, 1.54) is 4.57 Å². The number of nitrogens with zero attached hydrogens (tertiary/aromatic N) is 1. The number of nitrogens with one attached hydrogen (secondary N) is 2. The number of thiazole rings is 1. The quantitative estimate of drug-likeness (QED) is 0.881. The molecule has 2 aromatic rings. The lowest BCUT2D eigenvalue weighted by atomic mass is 10.2. The molecule has 1 aliphatic rings. The molecule has 1 fully saturated rings. The zero-order valence-corrected chi connectivity index (χ0v) is 13.5. The minimum atomic E-state index is -0.278. The highest BCUT2D eigenvalue weighted by Gasteiger charge is 2.29. The van der Waals surface area contributed by atoms with E-state index in [0.717, 1.165) is 29.9 Å². The summed E-state index contributed by atoms with van der Waals surface area (Å²) >= 11 is 1.08. The Morgan fingerprint density at radius 1 is 1.26 bits per heavy atom. The first-order valence-corrected chi connectivity index (χ1v) is 8.26. The molecule has 0 bridgehead atoms. The van der Waals surface area contributed by atoms with Crippen LogP contribution < -0.4 is 15.5 Å². The zero-order chi connectivity index (χ0) is 16.4. The molecule has 6 nitrogen and oxygen atoms in total. The largest absolute Gasteiger partial charge is 0.326 e. The van der Waals surface area contributed by atoms with E-state index in [-0.39, 0.29) is 29.1 Å². The van der Waals surface area contributed by atoms with Crippen LogP contribution in [-0.4, -0.2) is 16.4 Å². The number of carbonyl (C=O) groups is 2. The van der Waals surface area contributed by atoms with Crippen LogP contribution in [0.15, 0.2) is 34.4 Å². The Balaban J connectivity index is 1.64. The summed E-state index contributed by atoms with van der Waals surface area (Å²) in [6.07, 6.45) is 1.88. The van der Waals surface area contributed by atoms with E-state index >= 15 is 0 Å². The second-order valence-corrected chi connectivity index (χ2v) is 6.44. The fraction of sp³-hybridized carbons (Fsp3) is 0.312. The third-order valence-corrected chi connectivity index (χ3v) is 4.52. The fourth-order valence-corrected chi connectivity index (χ4v) is 2.94. The van der Waals surface area contributed by atoms with Crippen molar-refractivity contribution in [2.45, 2.75) is 26.3 Å². The maximum atomic E-state index is 12.1. The van der Waals surface area contributed by atoms with Gasteiger partial charge in [0.2, 0.25) is 11.8 Å². The van der Waals surface area contributed by atoms with Crippen molar-refractivity contribution in [2.24, 2.45) is 5.92 Å². The van der Waals surface area contributed by atoms with Crippen molar-refractivity contribution in [3.8, 4) is 0 Å². The zero-order valence-electron chi connectivity index (χ0n) is 12.7. The molecule has 1 aliphatic carbocycles. The summed E-state index contributed by atoms with van der Waals surface area (Å²) in [5, 5.41) is 7.31. The second-order valence-electron chi connectivity index (χ2n) is 5.62. The van der Waals surface area contributed by atoms with Gasteiger partial charge in [-0.25, -0.2) is 0 Å². The number of aryl methyl sites for hydroxylation is 1. The summed E-state index contributed by atoms with van der Waals surface area (Å²) in [6.45, 7) is 1.77. The van der Waals surface area contributed by atoms with Crippen LogP contribution in [0.2, 0.25) is 0 Å². The van der Waals surface area contributed by atoms with E-state index in [1.54, 1.807) is 36.6 Å². The Morgan fingerprint density at radius 2 is 1.96 bits per heavy atom. The summed E-state index contributed by atoms with van der Waals surface area (Å²) < 4.78 is 1.43. The SMILES string of the molecule is Cc1csc(=O)n1CC(=O)Nc1cccc(NC(=O)C2CC2)c1. The summed E-state index contributed by atoms with van der Waals surface area (Å²) in [4.78, 5) is 35.3. The lowest BCUT2D eigenvalue weighted by Gasteiger charge is -2.09. The lowest BCUT2D eigenvalue weighted by molar-refractivity contribution is -0.117. The number of carbonyl (C=O) groups excluding carboxylic acids is 2. The molecule has 23 heavy (non-hydrogen) atoms. The minimum Gasteiger partial charge on any atom is -0.326 e. The van der Waals surface area contributed by atoms with Gasteiger partial charge in [-0.05, 0) is 38.0 Å². The molecule has 1 heterocycles. The molecule has 0 saturated heterocycles. The molecule has 7 heteroatoms. The van der Waals surface area contributed by atoms with E-state index in [9.17, 15) is 14.4 Å². The van der Waals surface area contributed by atoms with Crippen molar-refractivity contribution in [3.63, 3.8) is 0 Å². The monoisotopic (exact) mass is 331 g/mol. The van der Waals surface area contributed by atoms with Gasteiger partial charge in [0.05, 0.1) is 0 Å². The van der Waals surface area contributed by atoms with Crippen LogP contribution in [0.5, 0.6) is 0 Å². The first-order chi connectivity index (χ1) is 11.0. The predicted octanol–water partition coefficient (Wildman–Crippen LogP) is 2.21. The van der Waals surface area contributed by atoms with Crippen molar-refractivity contribution < 1.29 is 9.59 Å². The number of anilines is 2. The number of rotatable bonds is 5. The third-order valence-electron chi connectivity index (χ3n) is 3.64. The molecular weight excluding hydrogens is 314 g/mol. The Morgan fingerprint density at radius 3 is 2.57 bits per heavy atom. The first-order valence-electron chi connectivity index (χ1n) is 7.38. The van der Waals surface area contributed by atoms with Crippen molar-refractivity contribution >= 4 is 34.5 Å². The van der Waals surface area contributed by atoms with Gasteiger partial charge in [0.1, 0.15) is 6.54 Å². The van der Waals surface area contributed by atoms with Crippen LogP contribution in [0.25, 0.3) is 0 Å². The molecule has 1 aromatic heterocycles. The van der Waals surface area contributed by atoms with Gasteiger partial charge in [0.15, 0.2) is 0 Å². The summed E-state index contributed by atoms with van der Waals surface area (Å²) in [7, 11) is 0. The highest BCUT2D eigenvalue weighted by Crippen LogP contribution is 2.30. The van der Waals surface area contributed by atoms with E-state index in [2.05, 4.69) is 10.6 Å². The van der Waals surface area contributed by atoms with Crippen LogP contribution in [0, 0.1) is 12.8 Å². The van der Waals surface area contributed by atoms with Crippen molar-refractivity contribution in [2.75, 3.05) is 10.6 Å². The van der Waals surface area contributed by atoms with Gasteiger partial charge in [-0.15, -0.1) is 0 Å². The van der Waals surface area contributed by atoms with Crippen LogP contribution >= 0.6 is 11.3 Å². The van der Waals surface area contributed by atoms with Crippen molar-refractivity contribution in [3.05, 3.63) is 45.0 Å². The lowest BCUT2D eigenvalue weighted by Crippen LogP contribution is -2.25. The average molecular weight is 331 g/mol. The topological polar surface area (TPSA) is 80.2 Å². The maximum Gasteiger partial charge on any atom is 0.307 e. The van der Waals surface area contributed by atoms with Gasteiger partial charge < -0.3 is 10.6 Å². The molecule has 0 unspecified atom stereocenters. The van der Waals surface area contributed by atoms with E-state index in [4.69, 9.17) is 0 Å². The van der Waals surface area contributed by atoms with Gasteiger partial charge in [0, 0.05) is 28.4 Å². The Kier molecular flexibility index (Phi) is 4.29. The van der Waals surface area contributed by atoms with Gasteiger partial charge >= 0.3 is 4.87 Å². The van der Waals surface area contributed by atoms with Crippen LogP contribution in [0.3, 0.4) is 0 Å². The normalized spacial score (nSPS) is 13.6. The van der Waals surface area contributed by atoms with Crippen LogP contribution in [-0.2, 0) is 16.1 Å². The Labute approximate surface area is 137 Å². The molecule has 0 aliphatic heterocycles. The maximum absolute atomic E-state index is 12.1.